The van der Waals surface area contributed by atoms with E-state index < -0.39 is 8.80 Å². The smallest absolute Gasteiger partial charge is 0.495 e. The number of hydrogen-bond acceptors (Lipinski definition) is 2. The number of fused-ring (bicyclic) bond motifs is 5. The number of benzene rings is 2. The van der Waals surface area contributed by atoms with Gasteiger partial charge in [-0.2, -0.15) is 0 Å². The molecule has 2 radical (unpaired) electrons. The van der Waals surface area contributed by atoms with Gasteiger partial charge in [0.2, 0.25) is 0 Å². The molecule has 5 heteroatoms. The molecule has 0 spiro atoms. The van der Waals surface area contributed by atoms with E-state index in [-0.39, 0.29) is 42.1 Å². The van der Waals surface area contributed by atoms with Crippen LogP contribution in [0, 0.1) is 14.9 Å². The molecule has 0 amide bonds. The summed E-state index contributed by atoms with van der Waals surface area (Å²) in [4.78, 5) is 0. The molecule has 158 valence electrons. The van der Waals surface area contributed by atoms with E-state index in [1.165, 1.54) is 37.8 Å². The van der Waals surface area contributed by atoms with Crippen LogP contribution >= 0.6 is 0 Å². The van der Waals surface area contributed by atoms with E-state index in [9.17, 15) is 0 Å². The first-order valence-electron chi connectivity index (χ1n) is 9.49. The van der Waals surface area contributed by atoms with Crippen molar-refractivity contribution >= 4 is 52.2 Å². The number of nitrogens with one attached hydrogen (secondary N) is 1. The molecule has 30 heavy (non-hydrogen) atoms. The summed E-state index contributed by atoms with van der Waals surface area (Å²) in [5, 5.41) is 10.3. The van der Waals surface area contributed by atoms with Crippen molar-refractivity contribution in [3.8, 4) is 5.75 Å². The Balaban J connectivity index is 0.00000150. The van der Waals surface area contributed by atoms with Crippen LogP contribution in [0.1, 0.15) is 20.8 Å². The first-order chi connectivity index (χ1) is 12.7. The van der Waals surface area contributed by atoms with Gasteiger partial charge in [0, 0.05) is 18.1 Å². The molecule has 0 atom stereocenters. The molecule has 4 aromatic rings. The van der Waals surface area contributed by atoms with E-state index in [2.05, 4.69) is 87.2 Å². The summed E-state index contributed by atoms with van der Waals surface area (Å²) < 4.78 is 8.33. The average molecular weight is 455 g/mol. The van der Waals surface area contributed by atoms with Crippen LogP contribution in [0.4, 0.5) is 5.69 Å². The fraction of sp³-hybridized carbons (Fsp3) is 0.320. The van der Waals surface area contributed by atoms with Gasteiger partial charge in [-0.3, -0.25) is 0 Å². The number of aryl methyl sites for hydroxylation is 1. The van der Waals surface area contributed by atoms with Crippen molar-refractivity contribution < 1.29 is 26.5 Å². The van der Waals surface area contributed by atoms with Crippen molar-refractivity contribution in [3.63, 3.8) is 0 Å². The van der Waals surface area contributed by atoms with Crippen LogP contribution in [-0.2, 0) is 28.8 Å². The summed E-state index contributed by atoms with van der Waals surface area (Å²) in [6, 6.07) is 13.3. The van der Waals surface area contributed by atoms with E-state index in [0.29, 0.717) is 0 Å². The van der Waals surface area contributed by atoms with Gasteiger partial charge in [0.15, 0.2) is 0 Å². The van der Waals surface area contributed by atoms with Crippen molar-refractivity contribution in [1.29, 1.82) is 0 Å². The number of anilines is 1. The first kappa shape index (κ1) is 26.4. The van der Waals surface area contributed by atoms with Gasteiger partial charge in [-0.05, 0) is 42.9 Å². The third kappa shape index (κ3) is 4.10. The minimum Gasteiger partial charge on any atom is -0.495 e. The number of aromatic nitrogens is 1. The third-order valence-electron chi connectivity index (χ3n) is 5.25. The van der Waals surface area contributed by atoms with Crippen molar-refractivity contribution in [2.75, 3.05) is 12.4 Å². The summed E-state index contributed by atoms with van der Waals surface area (Å²) in [6.45, 7) is 11.3. The van der Waals surface area contributed by atoms with Crippen molar-refractivity contribution in [3.05, 3.63) is 51.3 Å². The molecule has 1 aromatic heterocycles. The summed E-state index contributed by atoms with van der Waals surface area (Å²) in [7, 11) is 3.30. The van der Waals surface area contributed by atoms with Crippen LogP contribution in [0.15, 0.2) is 36.4 Å². The summed E-state index contributed by atoms with van der Waals surface area (Å²) in [5.41, 5.74) is 3.63. The Bertz CT molecular complexity index is 1170. The molecule has 0 saturated carbocycles. The maximum absolute atomic E-state index is 5.99. The SMILES string of the molecule is COc1c([Si](C)C)cc2c(c1NC(C)(C)C)c1c3ccccc3[cH-]c1n2C.[CH3-].[CH3-].[Ti+3]. The molecule has 3 aromatic carbocycles. The molecule has 0 fully saturated rings. The molecular weight excluding hydrogens is 420 g/mol. The molecule has 1 N–H and O–H groups in total. The second-order valence-electron chi connectivity index (χ2n) is 8.65. The maximum Gasteiger partial charge on any atom is 3.00 e. The zero-order valence-electron chi connectivity index (χ0n) is 19.8. The second-order valence-corrected chi connectivity index (χ2v) is 11.2. The van der Waals surface area contributed by atoms with Crippen LogP contribution in [0.5, 0.6) is 5.75 Å². The molecule has 4 rings (SSSR count). The van der Waals surface area contributed by atoms with E-state index in [1.807, 2.05) is 0 Å². The minimum absolute atomic E-state index is 0. The zero-order chi connectivity index (χ0) is 19.5. The molecular formula is C25H34N2OSiTi. The largest absolute Gasteiger partial charge is 3.00 e. The normalized spacial score (nSPS) is 11.3. The van der Waals surface area contributed by atoms with Crippen molar-refractivity contribution in [2.45, 2.75) is 39.4 Å². The van der Waals surface area contributed by atoms with Crippen molar-refractivity contribution in [1.82, 2.24) is 4.57 Å². The number of rotatable bonds is 3. The molecule has 0 aliphatic carbocycles. The molecule has 0 aliphatic rings. The van der Waals surface area contributed by atoms with Crippen LogP contribution in [-0.4, -0.2) is 26.0 Å². The number of methoxy groups -OCH3 is 1. The Morgan fingerprint density at radius 1 is 1.07 bits per heavy atom. The molecule has 0 bridgehead atoms. The van der Waals surface area contributed by atoms with Gasteiger partial charge in [-0.25, -0.2) is 0 Å². The van der Waals surface area contributed by atoms with Crippen molar-refractivity contribution in [2.24, 2.45) is 7.05 Å². The fourth-order valence-corrected chi connectivity index (χ4v) is 5.22. The standard InChI is InChI=1S/C23H28N2OSi.2CH3.Ti/c1-23(2,3)24-21-20-17(13-18(27(6)7)22(21)26-5)25(4)16-12-14-10-8-9-11-15(14)19(16)20;;;/h8-13,24H,1-7H3;2*1H3;/q3*-1;+3. The Hall–Kier alpha value is -1.62. The van der Waals surface area contributed by atoms with Gasteiger partial charge < -0.3 is 29.5 Å². The van der Waals surface area contributed by atoms with Gasteiger partial charge in [-0.15, -0.1) is 35.0 Å². The topological polar surface area (TPSA) is 26.2 Å². The van der Waals surface area contributed by atoms with E-state index in [1.54, 1.807) is 7.11 Å². The van der Waals surface area contributed by atoms with Crippen LogP contribution in [0.2, 0.25) is 13.1 Å². The number of hydrogen-bond donors (Lipinski definition) is 1. The number of nitrogens with zero attached hydrogens (tertiary/aromatic N) is 1. The van der Waals surface area contributed by atoms with E-state index in [0.717, 1.165) is 11.4 Å². The third-order valence-corrected chi connectivity index (χ3v) is 6.70. The Morgan fingerprint density at radius 3 is 2.27 bits per heavy atom. The van der Waals surface area contributed by atoms with Crippen LogP contribution < -0.4 is 15.2 Å². The summed E-state index contributed by atoms with van der Waals surface area (Å²) in [5.74, 6) is 1.01. The van der Waals surface area contributed by atoms with Gasteiger partial charge in [0.05, 0.1) is 21.6 Å². The fourth-order valence-electron chi connectivity index (χ4n) is 4.11. The Labute approximate surface area is 198 Å². The Morgan fingerprint density at radius 2 is 1.70 bits per heavy atom. The molecule has 3 nitrogen and oxygen atoms in total. The summed E-state index contributed by atoms with van der Waals surface area (Å²) >= 11 is 0. The van der Waals surface area contributed by atoms with Gasteiger partial charge in [0.1, 0.15) is 5.75 Å². The van der Waals surface area contributed by atoms with Crippen LogP contribution in [0.3, 0.4) is 0 Å². The second kappa shape index (κ2) is 9.25. The molecule has 1 heterocycles. The molecule has 0 saturated heterocycles. The minimum atomic E-state index is -0.678. The summed E-state index contributed by atoms with van der Waals surface area (Å²) in [6.07, 6.45) is 0. The Kier molecular flexibility index (Phi) is 8.15. The van der Waals surface area contributed by atoms with Crippen LogP contribution in [0.25, 0.3) is 32.6 Å². The first-order valence-corrected chi connectivity index (χ1v) is 12.0. The predicted molar refractivity (Wildman–Crippen MR) is 133 cm³/mol. The van der Waals surface area contributed by atoms with E-state index >= 15 is 0 Å². The predicted octanol–water partition coefficient (Wildman–Crippen LogP) is 6.28. The zero-order valence-corrected chi connectivity index (χ0v) is 22.4. The van der Waals surface area contributed by atoms with Gasteiger partial charge in [-0.1, -0.05) is 24.5 Å². The quantitative estimate of drug-likeness (QED) is 0.291. The average Bonchev–Trinajstić information content (AvgIpc) is 3.09. The molecule has 0 unspecified atom stereocenters. The monoisotopic (exact) mass is 454 g/mol. The maximum atomic E-state index is 5.99. The van der Waals surface area contributed by atoms with Gasteiger partial charge >= 0.3 is 21.7 Å². The number of ether oxygens (including phenoxy) is 1. The van der Waals surface area contributed by atoms with E-state index in [4.69, 9.17) is 4.74 Å². The molecule has 0 aliphatic heterocycles. The van der Waals surface area contributed by atoms with Gasteiger partial charge in [0.25, 0.3) is 0 Å².